The van der Waals surface area contributed by atoms with Crippen LogP contribution in [0.2, 0.25) is 0 Å². The van der Waals surface area contributed by atoms with Crippen molar-refractivity contribution in [3.63, 3.8) is 0 Å². The summed E-state index contributed by atoms with van der Waals surface area (Å²) in [5, 5.41) is 2.91. The fraction of sp³-hybridized carbons (Fsp3) is 0.600. The lowest BCUT2D eigenvalue weighted by atomic mass is 10.0. The minimum absolute atomic E-state index is 0.122. The molecule has 0 spiro atoms. The molecule has 1 aromatic carbocycles. The number of piperidine rings is 1. The molecule has 1 aliphatic rings. The normalized spacial score (nSPS) is 19.7. The highest BCUT2D eigenvalue weighted by molar-refractivity contribution is 5.51. The third-order valence-electron chi connectivity index (χ3n) is 3.90. The Balaban J connectivity index is 2.23. The minimum Gasteiger partial charge on any atom is -0.365 e. The van der Waals surface area contributed by atoms with Crippen molar-refractivity contribution in [3.05, 3.63) is 29.3 Å². The summed E-state index contributed by atoms with van der Waals surface area (Å²) >= 11 is 0. The third-order valence-corrected chi connectivity index (χ3v) is 3.90. The first-order chi connectivity index (χ1) is 9.52. The Morgan fingerprint density at radius 3 is 2.50 bits per heavy atom. The highest BCUT2D eigenvalue weighted by Crippen LogP contribution is 2.28. The smallest absolute Gasteiger partial charge is 0.149 e. The van der Waals surface area contributed by atoms with Crippen LogP contribution in [0.5, 0.6) is 0 Å². The molecular weight excluding hydrogens is 260 g/mol. The van der Waals surface area contributed by atoms with Crippen molar-refractivity contribution in [1.82, 2.24) is 10.2 Å². The predicted molar refractivity (Wildman–Crippen MR) is 78.0 cm³/mol. The second-order valence-corrected chi connectivity index (χ2v) is 5.64. The Bertz CT molecular complexity index is 439. The van der Waals surface area contributed by atoms with Crippen LogP contribution < -0.4 is 10.2 Å². The van der Waals surface area contributed by atoms with E-state index in [9.17, 15) is 8.78 Å². The van der Waals surface area contributed by atoms with E-state index in [4.69, 9.17) is 0 Å². The van der Waals surface area contributed by atoms with Crippen LogP contribution in [0, 0.1) is 11.6 Å². The zero-order chi connectivity index (χ0) is 14.7. The van der Waals surface area contributed by atoms with Gasteiger partial charge in [-0.2, -0.15) is 0 Å². The predicted octanol–water partition coefficient (Wildman–Crippen LogP) is 2.21. The highest BCUT2D eigenvalue weighted by atomic mass is 19.1. The van der Waals surface area contributed by atoms with E-state index in [1.807, 2.05) is 19.0 Å². The van der Waals surface area contributed by atoms with E-state index < -0.39 is 11.6 Å². The van der Waals surface area contributed by atoms with Gasteiger partial charge in [-0.25, -0.2) is 8.78 Å². The molecule has 1 unspecified atom stereocenters. The van der Waals surface area contributed by atoms with Crippen molar-refractivity contribution in [2.45, 2.75) is 25.4 Å². The van der Waals surface area contributed by atoms with Crippen LogP contribution in [0.25, 0.3) is 0 Å². The monoisotopic (exact) mass is 283 g/mol. The van der Waals surface area contributed by atoms with Gasteiger partial charge in [-0.1, -0.05) is 0 Å². The summed E-state index contributed by atoms with van der Waals surface area (Å²) in [5.74, 6) is -0.927. The summed E-state index contributed by atoms with van der Waals surface area (Å²) in [7, 11) is 5.78. The lowest BCUT2D eigenvalue weighted by Gasteiger charge is -2.37. The minimum atomic E-state index is -0.463. The molecule has 1 N–H and O–H groups in total. The van der Waals surface area contributed by atoms with E-state index in [0.717, 1.165) is 12.8 Å². The first-order valence-corrected chi connectivity index (χ1v) is 7.06. The number of benzene rings is 1. The maximum Gasteiger partial charge on any atom is 0.149 e. The second-order valence-electron chi connectivity index (χ2n) is 5.64. The van der Waals surface area contributed by atoms with Gasteiger partial charge in [-0.05, 0) is 51.7 Å². The van der Waals surface area contributed by atoms with Gasteiger partial charge in [0.25, 0.3) is 0 Å². The largest absolute Gasteiger partial charge is 0.365 e. The molecular formula is C15H23F2N3. The van der Waals surface area contributed by atoms with E-state index in [0.29, 0.717) is 31.2 Å². The molecule has 2 rings (SSSR count). The summed E-state index contributed by atoms with van der Waals surface area (Å²) in [6, 6.07) is 3.20. The number of nitrogens with one attached hydrogen (secondary N) is 1. The molecule has 3 nitrogen and oxygen atoms in total. The molecule has 1 aromatic rings. The van der Waals surface area contributed by atoms with Gasteiger partial charge in [-0.3, -0.25) is 0 Å². The molecule has 0 amide bonds. The van der Waals surface area contributed by atoms with Crippen molar-refractivity contribution in [3.8, 4) is 0 Å². The van der Waals surface area contributed by atoms with Crippen LogP contribution in [0.15, 0.2) is 12.1 Å². The maximum atomic E-state index is 14.2. The number of nitrogens with zero attached hydrogens (tertiary/aromatic N) is 2. The number of hydrogen-bond donors (Lipinski definition) is 1. The number of rotatable bonds is 4. The average molecular weight is 283 g/mol. The van der Waals surface area contributed by atoms with Gasteiger partial charge in [0, 0.05) is 25.7 Å². The Morgan fingerprint density at radius 2 is 1.95 bits per heavy atom. The number of halogens is 2. The SMILES string of the molecule is CNCc1cc(F)c(N2CCCC(N(C)C)C2)c(F)c1. The lowest BCUT2D eigenvalue weighted by molar-refractivity contribution is 0.256. The standard InChI is InChI=1S/C15H23F2N3/c1-18-9-11-7-13(16)15(14(17)8-11)20-6-4-5-12(10-20)19(2)3/h7-8,12,18H,4-6,9-10H2,1-3H3. The Morgan fingerprint density at radius 1 is 1.30 bits per heavy atom. The Kier molecular flexibility index (Phi) is 4.94. The van der Waals surface area contributed by atoms with Gasteiger partial charge in [0.15, 0.2) is 0 Å². The van der Waals surface area contributed by atoms with Gasteiger partial charge < -0.3 is 15.1 Å². The summed E-state index contributed by atoms with van der Waals surface area (Å²) in [6.07, 6.45) is 2.03. The quantitative estimate of drug-likeness (QED) is 0.914. The lowest BCUT2D eigenvalue weighted by Crippen LogP contribution is -2.45. The molecule has 20 heavy (non-hydrogen) atoms. The molecule has 0 bridgehead atoms. The highest BCUT2D eigenvalue weighted by Gasteiger charge is 2.25. The number of hydrogen-bond acceptors (Lipinski definition) is 3. The molecule has 112 valence electrons. The fourth-order valence-corrected chi connectivity index (χ4v) is 2.81. The van der Waals surface area contributed by atoms with Crippen LogP contribution in [-0.4, -0.2) is 45.2 Å². The molecule has 0 radical (unpaired) electrons. The van der Waals surface area contributed by atoms with Crippen molar-refractivity contribution >= 4 is 5.69 Å². The molecule has 0 aliphatic carbocycles. The van der Waals surface area contributed by atoms with Crippen molar-refractivity contribution in [2.24, 2.45) is 0 Å². The summed E-state index contributed by atoms with van der Waals surface area (Å²) < 4.78 is 28.4. The summed E-state index contributed by atoms with van der Waals surface area (Å²) in [6.45, 7) is 1.85. The van der Waals surface area contributed by atoms with E-state index in [2.05, 4.69) is 10.2 Å². The second kappa shape index (κ2) is 6.50. The molecule has 1 saturated heterocycles. The summed E-state index contributed by atoms with van der Waals surface area (Å²) in [4.78, 5) is 3.96. The van der Waals surface area contributed by atoms with Crippen molar-refractivity contribution in [2.75, 3.05) is 39.1 Å². The van der Waals surface area contributed by atoms with Crippen molar-refractivity contribution < 1.29 is 8.78 Å². The van der Waals surface area contributed by atoms with Crippen LogP contribution in [0.3, 0.4) is 0 Å². The number of anilines is 1. The topological polar surface area (TPSA) is 18.5 Å². The molecule has 0 saturated carbocycles. The molecule has 5 heteroatoms. The van der Waals surface area contributed by atoms with Crippen LogP contribution in [-0.2, 0) is 6.54 Å². The Hall–Kier alpha value is -1.20. The van der Waals surface area contributed by atoms with Gasteiger partial charge in [0.2, 0.25) is 0 Å². The third kappa shape index (κ3) is 3.27. The van der Waals surface area contributed by atoms with E-state index in [1.165, 1.54) is 12.1 Å². The van der Waals surface area contributed by atoms with E-state index >= 15 is 0 Å². The van der Waals surface area contributed by atoms with E-state index in [-0.39, 0.29) is 5.69 Å². The molecule has 1 atom stereocenters. The van der Waals surface area contributed by atoms with Gasteiger partial charge >= 0.3 is 0 Å². The first-order valence-electron chi connectivity index (χ1n) is 7.06. The molecule has 0 aromatic heterocycles. The van der Waals surface area contributed by atoms with Crippen molar-refractivity contribution in [1.29, 1.82) is 0 Å². The number of likely N-dealkylation sites (N-methyl/N-ethyl adjacent to an activating group) is 1. The van der Waals surface area contributed by atoms with Crippen LogP contribution in [0.1, 0.15) is 18.4 Å². The zero-order valence-electron chi connectivity index (χ0n) is 12.4. The summed E-state index contributed by atoms with van der Waals surface area (Å²) in [5.41, 5.74) is 0.754. The van der Waals surface area contributed by atoms with Gasteiger partial charge in [0.1, 0.15) is 17.3 Å². The molecule has 1 aliphatic heterocycles. The molecule has 1 fully saturated rings. The maximum absolute atomic E-state index is 14.2. The average Bonchev–Trinajstić information content (AvgIpc) is 2.38. The fourth-order valence-electron chi connectivity index (χ4n) is 2.81. The van der Waals surface area contributed by atoms with E-state index in [1.54, 1.807) is 7.05 Å². The Labute approximate surface area is 119 Å². The molecule has 1 heterocycles. The van der Waals surface area contributed by atoms with Gasteiger partial charge in [0.05, 0.1) is 0 Å². The van der Waals surface area contributed by atoms with Crippen LogP contribution >= 0.6 is 0 Å². The van der Waals surface area contributed by atoms with Crippen LogP contribution in [0.4, 0.5) is 14.5 Å². The first kappa shape index (κ1) is 15.2. The zero-order valence-corrected chi connectivity index (χ0v) is 12.4. The van der Waals surface area contributed by atoms with Gasteiger partial charge in [-0.15, -0.1) is 0 Å².